The Balaban J connectivity index is 2.40. The predicted octanol–water partition coefficient (Wildman–Crippen LogP) is 0.0169. The third-order valence-electron chi connectivity index (χ3n) is 2.18. The summed E-state index contributed by atoms with van der Waals surface area (Å²) in [7, 11) is 0. The zero-order valence-corrected chi connectivity index (χ0v) is 7.57. The van der Waals surface area contributed by atoms with Crippen molar-refractivity contribution >= 4 is 17.7 Å². The quantitative estimate of drug-likeness (QED) is 0.661. The molecule has 0 aliphatic carbocycles. The lowest BCUT2D eigenvalue weighted by molar-refractivity contribution is -0.116. The van der Waals surface area contributed by atoms with Gasteiger partial charge in [0.25, 0.3) is 0 Å². The van der Waals surface area contributed by atoms with Crippen LogP contribution in [0, 0.1) is 0 Å². The number of hydrogen-bond donors (Lipinski definition) is 2. The number of carbonyl (C=O) groups excluding carboxylic acids is 1. The third kappa shape index (κ3) is 1.15. The highest BCUT2D eigenvalue weighted by Gasteiger charge is 2.27. The second-order valence-electron chi connectivity index (χ2n) is 3.11. The van der Waals surface area contributed by atoms with Gasteiger partial charge in [-0.05, 0) is 0 Å². The molecule has 74 valence electrons. The zero-order valence-electron chi connectivity index (χ0n) is 7.57. The molecule has 0 atom stereocenters. The number of H-pyrrole nitrogens is 1. The van der Waals surface area contributed by atoms with E-state index < -0.39 is 5.97 Å². The summed E-state index contributed by atoms with van der Waals surface area (Å²) in [5.41, 5.74) is 0.720. The normalized spacial score (nSPS) is 14.2. The van der Waals surface area contributed by atoms with Gasteiger partial charge in [-0.3, -0.25) is 9.69 Å². The van der Waals surface area contributed by atoms with Gasteiger partial charge in [0.2, 0.25) is 11.7 Å². The zero-order chi connectivity index (χ0) is 10.3. The summed E-state index contributed by atoms with van der Waals surface area (Å²) in [5.74, 6) is -0.883. The minimum Gasteiger partial charge on any atom is -0.475 e. The van der Waals surface area contributed by atoms with Crippen LogP contribution in [0.15, 0.2) is 0 Å². The molecule has 0 saturated heterocycles. The van der Waals surface area contributed by atoms with E-state index in [9.17, 15) is 9.59 Å². The van der Waals surface area contributed by atoms with Crippen molar-refractivity contribution in [3.8, 4) is 0 Å². The Morgan fingerprint density at radius 2 is 2.29 bits per heavy atom. The van der Waals surface area contributed by atoms with Crippen molar-refractivity contribution < 1.29 is 14.7 Å². The number of imidazole rings is 1. The number of carboxylic acids is 1. The van der Waals surface area contributed by atoms with Gasteiger partial charge in [0, 0.05) is 19.9 Å². The first-order chi connectivity index (χ1) is 6.59. The van der Waals surface area contributed by atoms with Gasteiger partial charge < -0.3 is 10.1 Å². The molecule has 1 aliphatic rings. The first-order valence-electron chi connectivity index (χ1n) is 4.20. The molecule has 1 aromatic heterocycles. The Bertz CT molecular complexity index is 410. The lowest BCUT2D eigenvalue weighted by atomic mass is 10.4. The number of aromatic amines is 1. The van der Waals surface area contributed by atoms with Crippen LogP contribution >= 0.6 is 0 Å². The third-order valence-corrected chi connectivity index (χ3v) is 2.18. The molecule has 6 heteroatoms. The minimum absolute atomic E-state index is 0.110. The average Bonchev–Trinajstić information content (AvgIpc) is 2.58. The topological polar surface area (TPSA) is 86.3 Å². The summed E-state index contributed by atoms with van der Waals surface area (Å²) in [4.78, 5) is 29.7. The smallest absolute Gasteiger partial charge is 0.371 e. The molecule has 0 radical (unpaired) electrons. The van der Waals surface area contributed by atoms with Crippen LogP contribution in [0.5, 0.6) is 0 Å². The molecule has 1 aliphatic heterocycles. The van der Waals surface area contributed by atoms with Gasteiger partial charge in [-0.25, -0.2) is 9.78 Å². The van der Waals surface area contributed by atoms with Gasteiger partial charge in [-0.1, -0.05) is 0 Å². The molecule has 2 heterocycles. The maximum Gasteiger partial charge on any atom is 0.371 e. The Kier molecular flexibility index (Phi) is 1.77. The number of nitrogens with one attached hydrogen (secondary N) is 1. The first kappa shape index (κ1) is 8.74. The van der Waals surface area contributed by atoms with Crippen molar-refractivity contribution in [2.45, 2.75) is 13.3 Å². The fraction of sp³-hybridized carbons (Fsp3) is 0.375. The van der Waals surface area contributed by atoms with Crippen LogP contribution in [0.2, 0.25) is 0 Å². The molecular weight excluding hydrogens is 186 g/mol. The Morgan fingerprint density at radius 3 is 2.86 bits per heavy atom. The Morgan fingerprint density at radius 1 is 1.57 bits per heavy atom. The van der Waals surface area contributed by atoms with Gasteiger partial charge in [-0.15, -0.1) is 0 Å². The van der Waals surface area contributed by atoms with Crippen LogP contribution in [-0.4, -0.2) is 33.5 Å². The number of anilines is 1. The minimum atomic E-state index is -1.11. The van der Waals surface area contributed by atoms with E-state index in [1.807, 2.05) is 0 Å². The van der Waals surface area contributed by atoms with E-state index >= 15 is 0 Å². The summed E-state index contributed by atoms with van der Waals surface area (Å²) in [6.45, 7) is 2.01. The molecule has 2 N–H and O–H groups in total. The Hall–Kier alpha value is -1.85. The molecule has 2 rings (SSSR count). The predicted molar refractivity (Wildman–Crippen MR) is 47.3 cm³/mol. The lowest BCUT2D eigenvalue weighted by Gasteiger charge is -2.10. The van der Waals surface area contributed by atoms with Crippen LogP contribution in [-0.2, 0) is 11.2 Å². The van der Waals surface area contributed by atoms with Gasteiger partial charge in [0.05, 0.1) is 5.69 Å². The second-order valence-corrected chi connectivity index (χ2v) is 3.11. The van der Waals surface area contributed by atoms with Crippen LogP contribution in [0.4, 0.5) is 5.82 Å². The molecule has 1 amide bonds. The molecule has 0 aromatic carbocycles. The monoisotopic (exact) mass is 195 g/mol. The molecule has 14 heavy (non-hydrogen) atoms. The fourth-order valence-electron chi connectivity index (χ4n) is 1.54. The SMILES string of the molecule is CC(=O)N1CCc2[nH]c(C(=O)O)nc21. The molecule has 0 bridgehead atoms. The highest BCUT2D eigenvalue weighted by Crippen LogP contribution is 2.25. The molecular formula is C8H9N3O3. The molecule has 1 aromatic rings. The summed E-state index contributed by atoms with van der Waals surface area (Å²) in [5, 5.41) is 8.67. The molecule has 0 unspecified atom stereocenters. The van der Waals surface area contributed by atoms with Crippen LogP contribution < -0.4 is 4.90 Å². The maximum atomic E-state index is 11.1. The Labute approximate surface area is 79.6 Å². The van der Waals surface area contributed by atoms with Gasteiger partial charge >= 0.3 is 5.97 Å². The molecule has 6 nitrogen and oxygen atoms in total. The van der Waals surface area contributed by atoms with Gasteiger partial charge in [0.1, 0.15) is 0 Å². The van der Waals surface area contributed by atoms with E-state index in [1.165, 1.54) is 11.8 Å². The summed E-state index contributed by atoms with van der Waals surface area (Å²) >= 11 is 0. The second kappa shape index (κ2) is 2.83. The van der Waals surface area contributed by atoms with Crippen molar-refractivity contribution in [1.82, 2.24) is 9.97 Å². The number of fused-ring (bicyclic) bond motifs is 1. The maximum absolute atomic E-state index is 11.1. The van der Waals surface area contributed by atoms with Gasteiger partial charge in [-0.2, -0.15) is 0 Å². The van der Waals surface area contributed by atoms with E-state index in [2.05, 4.69) is 9.97 Å². The van der Waals surface area contributed by atoms with Crippen molar-refractivity contribution in [3.63, 3.8) is 0 Å². The molecule has 0 spiro atoms. The lowest BCUT2D eigenvalue weighted by Crippen LogP contribution is -2.26. The van der Waals surface area contributed by atoms with E-state index in [0.29, 0.717) is 18.8 Å². The summed E-state index contributed by atoms with van der Waals surface area (Å²) in [6.07, 6.45) is 0.634. The summed E-state index contributed by atoms with van der Waals surface area (Å²) in [6, 6.07) is 0. The first-order valence-corrected chi connectivity index (χ1v) is 4.20. The number of aromatic nitrogens is 2. The average molecular weight is 195 g/mol. The van der Waals surface area contributed by atoms with Crippen molar-refractivity contribution in [1.29, 1.82) is 0 Å². The van der Waals surface area contributed by atoms with Crippen molar-refractivity contribution in [3.05, 3.63) is 11.5 Å². The van der Waals surface area contributed by atoms with E-state index in [0.717, 1.165) is 5.69 Å². The van der Waals surface area contributed by atoms with E-state index in [1.54, 1.807) is 0 Å². The number of carboxylic acid groups (broad SMARTS) is 1. The van der Waals surface area contributed by atoms with Crippen LogP contribution in [0.3, 0.4) is 0 Å². The summed E-state index contributed by atoms with van der Waals surface area (Å²) < 4.78 is 0. The number of aromatic carboxylic acids is 1. The molecule has 0 fully saturated rings. The highest BCUT2D eigenvalue weighted by atomic mass is 16.4. The van der Waals surface area contributed by atoms with Crippen LogP contribution in [0.25, 0.3) is 0 Å². The van der Waals surface area contributed by atoms with E-state index in [4.69, 9.17) is 5.11 Å². The van der Waals surface area contributed by atoms with Crippen LogP contribution in [0.1, 0.15) is 23.2 Å². The fourth-order valence-corrected chi connectivity index (χ4v) is 1.54. The van der Waals surface area contributed by atoms with Crippen molar-refractivity contribution in [2.75, 3.05) is 11.4 Å². The number of hydrogen-bond acceptors (Lipinski definition) is 3. The van der Waals surface area contributed by atoms with Crippen molar-refractivity contribution in [2.24, 2.45) is 0 Å². The highest BCUT2D eigenvalue weighted by molar-refractivity contribution is 5.93. The molecule has 0 saturated carbocycles. The standard InChI is InChI=1S/C8H9N3O3/c1-4(12)11-3-2-5-7(11)10-6(9-5)8(13)14/h2-3H2,1H3,(H,9,10)(H,13,14). The van der Waals surface area contributed by atoms with E-state index in [-0.39, 0.29) is 11.7 Å². The number of nitrogens with zero attached hydrogens (tertiary/aromatic N) is 2. The number of rotatable bonds is 1. The number of amides is 1. The number of carbonyl (C=O) groups is 2. The van der Waals surface area contributed by atoms with Gasteiger partial charge in [0.15, 0.2) is 5.82 Å². The largest absolute Gasteiger partial charge is 0.475 e.